The van der Waals surface area contributed by atoms with Crippen LogP contribution in [0.2, 0.25) is 53.2 Å². The van der Waals surface area contributed by atoms with E-state index in [1.807, 2.05) is 0 Å². The van der Waals surface area contributed by atoms with Gasteiger partial charge in [-0.3, -0.25) is 0 Å². The van der Waals surface area contributed by atoms with E-state index in [-0.39, 0.29) is 0 Å². The van der Waals surface area contributed by atoms with E-state index in [2.05, 4.69) is 0 Å². The fraction of sp³-hybridized carbons (Fsp3) is 1.00. The van der Waals surface area contributed by atoms with Crippen molar-refractivity contribution in [2.45, 2.75) is 53.2 Å². The molecule has 0 aromatic rings. The third-order valence-electron chi connectivity index (χ3n) is 1.86. The fourth-order valence-corrected chi connectivity index (χ4v) is 18.6. The molecule has 1 heterocycles. The van der Waals surface area contributed by atoms with E-state index in [9.17, 15) is 0 Å². The first-order valence-electron chi connectivity index (χ1n) is 5.39. The Kier molecular flexibility index (Phi) is 13.6. The summed E-state index contributed by atoms with van der Waals surface area (Å²) in [5, 5.41) is 16.1. The van der Waals surface area contributed by atoms with Gasteiger partial charge < -0.3 is 0 Å². The molecule has 1 aliphatic heterocycles. The third kappa shape index (κ3) is 11.4. The summed E-state index contributed by atoms with van der Waals surface area (Å²) in [4.78, 5) is 0. The van der Waals surface area contributed by atoms with Gasteiger partial charge in [0.25, 0.3) is 0 Å². The van der Waals surface area contributed by atoms with Crippen molar-refractivity contribution in [1.29, 1.82) is 0 Å². The van der Waals surface area contributed by atoms with Crippen LogP contribution in [-0.4, -0.2) is 74.8 Å². The van der Waals surface area contributed by atoms with E-state index in [4.69, 9.17) is 0 Å². The molecule has 0 spiro atoms. The number of rotatable bonds is 0. The molecule has 90 valence electrons. The first kappa shape index (κ1) is 15.7. The standard InChI is InChI=1S/C10H20Se5/c1-2-12-5-6-14-9-10-15-8-7-13-4-3-11-1/h1-10H2. The van der Waals surface area contributed by atoms with Crippen LogP contribution in [0.15, 0.2) is 0 Å². The zero-order valence-corrected chi connectivity index (χ0v) is 17.7. The van der Waals surface area contributed by atoms with Gasteiger partial charge >= 0.3 is 128 Å². The third-order valence-corrected chi connectivity index (χ3v) is 18.7. The first-order chi connectivity index (χ1) is 7.50. The molecule has 1 saturated heterocycles. The Hall–Kier alpha value is 2.60. The van der Waals surface area contributed by atoms with Crippen molar-refractivity contribution in [2.24, 2.45) is 0 Å². The minimum absolute atomic E-state index is 1.03. The van der Waals surface area contributed by atoms with Crippen LogP contribution in [0, 0.1) is 0 Å². The average molecular weight is 535 g/mol. The van der Waals surface area contributed by atoms with Crippen molar-refractivity contribution in [3.8, 4) is 0 Å². The molecular weight excluding hydrogens is 515 g/mol. The van der Waals surface area contributed by atoms with Gasteiger partial charge in [-0.05, 0) is 0 Å². The second-order valence-electron chi connectivity index (χ2n) is 3.06. The predicted octanol–water partition coefficient (Wildman–Crippen LogP) is 2.70. The number of hydrogen-bond donors (Lipinski definition) is 0. The van der Waals surface area contributed by atoms with Crippen LogP contribution in [0.25, 0.3) is 0 Å². The van der Waals surface area contributed by atoms with Gasteiger partial charge in [0.1, 0.15) is 0 Å². The molecule has 0 atom stereocenters. The molecule has 1 fully saturated rings. The van der Waals surface area contributed by atoms with E-state index in [1.165, 1.54) is 0 Å². The Balaban J connectivity index is 2.01. The Morgan fingerprint density at radius 1 is 0.267 bits per heavy atom. The fourth-order valence-electron chi connectivity index (χ4n) is 1.10. The van der Waals surface area contributed by atoms with Gasteiger partial charge in [0.05, 0.1) is 0 Å². The van der Waals surface area contributed by atoms with Gasteiger partial charge in [-0.1, -0.05) is 0 Å². The topological polar surface area (TPSA) is 0 Å². The average Bonchev–Trinajstić information content (AvgIpc) is 2.27. The summed E-state index contributed by atoms with van der Waals surface area (Å²) in [6.07, 6.45) is 0. The number of hydrogen-bond acceptors (Lipinski definition) is 0. The van der Waals surface area contributed by atoms with Crippen molar-refractivity contribution in [3.63, 3.8) is 0 Å². The van der Waals surface area contributed by atoms with Crippen LogP contribution in [-0.2, 0) is 0 Å². The minimum atomic E-state index is 1.03. The van der Waals surface area contributed by atoms with Crippen molar-refractivity contribution >= 4 is 74.8 Å². The van der Waals surface area contributed by atoms with Crippen molar-refractivity contribution in [2.75, 3.05) is 0 Å². The van der Waals surface area contributed by atoms with Crippen LogP contribution < -0.4 is 0 Å². The van der Waals surface area contributed by atoms with Gasteiger partial charge in [0.15, 0.2) is 0 Å². The van der Waals surface area contributed by atoms with Gasteiger partial charge in [-0.2, -0.15) is 0 Å². The molecule has 0 amide bonds. The second-order valence-corrected chi connectivity index (χ2v) is 15.9. The monoisotopic (exact) mass is 540 g/mol. The first-order valence-corrected chi connectivity index (χ1v) is 17.5. The van der Waals surface area contributed by atoms with Crippen LogP contribution in [0.3, 0.4) is 0 Å². The molecular formula is C10H20Se5. The Morgan fingerprint density at radius 3 is 0.533 bits per heavy atom. The molecule has 0 aromatic carbocycles. The summed E-state index contributed by atoms with van der Waals surface area (Å²) < 4.78 is 0. The summed E-state index contributed by atoms with van der Waals surface area (Å²) in [5.74, 6) is 0. The molecule has 0 saturated carbocycles. The Morgan fingerprint density at radius 2 is 0.400 bits per heavy atom. The molecule has 0 N–H and O–H groups in total. The SMILES string of the molecule is C1C[Se]CC[Se]CC[Se]CC[Se]CC[Se]1. The maximum absolute atomic E-state index is 1.61. The quantitative estimate of drug-likeness (QED) is 0.419. The van der Waals surface area contributed by atoms with Gasteiger partial charge in [0.2, 0.25) is 0 Å². The molecule has 1 rings (SSSR count). The molecule has 5 heteroatoms. The van der Waals surface area contributed by atoms with E-state index in [0.29, 0.717) is 0 Å². The van der Waals surface area contributed by atoms with Crippen molar-refractivity contribution in [1.82, 2.24) is 0 Å². The zero-order valence-electron chi connectivity index (χ0n) is 9.11. The second kappa shape index (κ2) is 13.0. The van der Waals surface area contributed by atoms with Crippen molar-refractivity contribution < 1.29 is 0 Å². The molecule has 0 bridgehead atoms. The molecule has 1 aliphatic rings. The summed E-state index contributed by atoms with van der Waals surface area (Å²) >= 11 is 5.14. The van der Waals surface area contributed by atoms with Crippen LogP contribution in [0.4, 0.5) is 0 Å². The van der Waals surface area contributed by atoms with E-state index >= 15 is 0 Å². The van der Waals surface area contributed by atoms with Gasteiger partial charge in [-0.15, -0.1) is 0 Å². The molecule has 15 heavy (non-hydrogen) atoms. The van der Waals surface area contributed by atoms with E-state index in [1.54, 1.807) is 53.2 Å². The summed E-state index contributed by atoms with van der Waals surface area (Å²) in [6.45, 7) is 0. The van der Waals surface area contributed by atoms with E-state index in [0.717, 1.165) is 74.8 Å². The molecule has 0 radical (unpaired) electrons. The summed E-state index contributed by atoms with van der Waals surface area (Å²) in [5.41, 5.74) is 0. The van der Waals surface area contributed by atoms with Crippen LogP contribution in [0.1, 0.15) is 0 Å². The van der Waals surface area contributed by atoms with Gasteiger partial charge in [0, 0.05) is 0 Å². The Labute approximate surface area is 126 Å². The normalized spacial score (nSPS) is 24.0. The molecule has 0 nitrogen and oxygen atoms in total. The molecule has 0 aromatic heterocycles. The molecule has 0 unspecified atom stereocenters. The predicted molar refractivity (Wildman–Crippen MR) is 76.8 cm³/mol. The van der Waals surface area contributed by atoms with Crippen LogP contribution in [0.5, 0.6) is 0 Å². The van der Waals surface area contributed by atoms with Gasteiger partial charge in [-0.25, -0.2) is 0 Å². The van der Waals surface area contributed by atoms with Crippen LogP contribution >= 0.6 is 0 Å². The van der Waals surface area contributed by atoms with Crippen molar-refractivity contribution in [3.05, 3.63) is 0 Å². The Bertz CT molecular complexity index is 72.4. The zero-order chi connectivity index (χ0) is 10.6. The summed E-state index contributed by atoms with van der Waals surface area (Å²) in [7, 11) is 0. The summed E-state index contributed by atoms with van der Waals surface area (Å²) in [6, 6.07) is 0. The van der Waals surface area contributed by atoms with E-state index < -0.39 is 0 Å². The molecule has 0 aliphatic carbocycles. The maximum atomic E-state index is 1.61.